The number of amidine groups is 1. The molecule has 1 saturated heterocycles. The number of likely N-dealkylation sites (tertiary alicyclic amines) is 1. The second-order valence-corrected chi connectivity index (χ2v) is 12.6. The van der Waals surface area contributed by atoms with Crippen molar-refractivity contribution in [1.29, 1.82) is 5.41 Å². The summed E-state index contributed by atoms with van der Waals surface area (Å²) in [5.41, 5.74) is 2.24. The normalized spacial score (nSPS) is 18.9. The Kier molecular flexibility index (Phi) is 5.76. The SMILES string of the molecule is Cc1cccc(NS(=O)(=O)c2ccn(S(=O)C(C)C)c2)c1C(=N)N1CCCC2(CC2)C1. The summed E-state index contributed by atoms with van der Waals surface area (Å²) in [6.07, 6.45) is 7.64. The van der Waals surface area contributed by atoms with Gasteiger partial charge in [0.15, 0.2) is 0 Å². The summed E-state index contributed by atoms with van der Waals surface area (Å²) in [6.45, 7) is 7.24. The molecular formula is C22H30N4O3S2. The van der Waals surface area contributed by atoms with Crippen LogP contribution in [0.5, 0.6) is 0 Å². The molecule has 2 aliphatic rings. The lowest BCUT2D eigenvalue weighted by molar-refractivity contribution is 0.240. The first-order valence-corrected chi connectivity index (χ1v) is 13.3. The molecule has 1 aliphatic carbocycles. The van der Waals surface area contributed by atoms with Crippen molar-refractivity contribution in [3.05, 3.63) is 47.8 Å². The molecule has 2 aromatic rings. The van der Waals surface area contributed by atoms with Crippen molar-refractivity contribution in [1.82, 2.24) is 8.87 Å². The van der Waals surface area contributed by atoms with E-state index in [0.29, 0.717) is 22.5 Å². The zero-order valence-electron chi connectivity index (χ0n) is 18.2. The topological polar surface area (TPSA) is 95.3 Å². The second-order valence-electron chi connectivity index (χ2n) is 9.01. The van der Waals surface area contributed by atoms with E-state index in [0.717, 1.165) is 25.1 Å². The van der Waals surface area contributed by atoms with E-state index in [4.69, 9.17) is 5.41 Å². The number of hydrogen-bond acceptors (Lipinski definition) is 4. The number of hydrogen-bond donors (Lipinski definition) is 2. The lowest BCUT2D eigenvalue weighted by atomic mass is 9.94. The van der Waals surface area contributed by atoms with E-state index in [1.807, 2.05) is 26.8 Å². The molecule has 1 aliphatic heterocycles. The van der Waals surface area contributed by atoms with Crippen LogP contribution >= 0.6 is 0 Å². The minimum Gasteiger partial charge on any atom is -0.356 e. The molecule has 9 heteroatoms. The summed E-state index contributed by atoms with van der Waals surface area (Å²) in [4.78, 5) is 2.15. The van der Waals surface area contributed by atoms with Gasteiger partial charge in [-0.05, 0) is 69.6 Å². The van der Waals surface area contributed by atoms with Gasteiger partial charge in [0.1, 0.15) is 21.7 Å². The highest BCUT2D eigenvalue weighted by Gasteiger charge is 2.46. The molecule has 0 bridgehead atoms. The zero-order chi connectivity index (χ0) is 22.4. The number of aromatic nitrogens is 1. The third-order valence-corrected chi connectivity index (χ3v) is 9.05. The van der Waals surface area contributed by atoms with E-state index in [9.17, 15) is 12.6 Å². The van der Waals surface area contributed by atoms with Crippen LogP contribution in [-0.2, 0) is 21.0 Å². The van der Waals surface area contributed by atoms with E-state index in [1.54, 1.807) is 12.1 Å². The van der Waals surface area contributed by atoms with Crippen LogP contribution in [0.25, 0.3) is 0 Å². The lowest BCUT2D eigenvalue weighted by Gasteiger charge is -2.35. The van der Waals surface area contributed by atoms with Gasteiger partial charge in [0.25, 0.3) is 10.0 Å². The number of nitrogens with zero attached hydrogens (tertiary/aromatic N) is 2. The summed E-state index contributed by atoms with van der Waals surface area (Å²) in [5.74, 6) is 0.375. The van der Waals surface area contributed by atoms with Gasteiger partial charge in [0.05, 0.1) is 5.69 Å². The number of anilines is 1. The van der Waals surface area contributed by atoms with Crippen molar-refractivity contribution >= 4 is 32.5 Å². The highest BCUT2D eigenvalue weighted by Crippen LogP contribution is 2.52. The maximum atomic E-state index is 13.1. The molecule has 1 aromatic heterocycles. The second kappa shape index (κ2) is 8.09. The molecule has 1 spiro atoms. The van der Waals surface area contributed by atoms with E-state index in [-0.39, 0.29) is 10.1 Å². The molecule has 2 N–H and O–H groups in total. The maximum Gasteiger partial charge on any atom is 0.263 e. The summed E-state index contributed by atoms with van der Waals surface area (Å²) in [7, 11) is -5.22. The van der Waals surface area contributed by atoms with Crippen molar-refractivity contribution in [2.45, 2.75) is 56.6 Å². The molecule has 1 atom stereocenters. The summed E-state index contributed by atoms with van der Waals surface area (Å²) in [6, 6.07) is 6.85. The first kappa shape index (κ1) is 22.1. The van der Waals surface area contributed by atoms with Crippen molar-refractivity contribution in [3.8, 4) is 0 Å². The van der Waals surface area contributed by atoms with Gasteiger partial charge in [-0.15, -0.1) is 0 Å². The largest absolute Gasteiger partial charge is 0.356 e. The van der Waals surface area contributed by atoms with Gasteiger partial charge < -0.3 is 4.90 Å². The Labute approximate surface area is 187 Å². The third-order valence-electron chi connectivity index (χ3n) is 6.25. The summed E-state index contributed by atoms with van der Waals surface area (Å²) < 4.78 is 42.5. The maximum absolute atomic E-state index is 13.1. The highest BCUT2D eigenvalue weighted by atomic mass is 32.2. The fraction of sp³-hybridized carbons (Fsp3) is 0.500. The van der Waals surface area contributed by atoms with Gasteiger partial charge in [0, 0.05) is 36.3 Å². The average Bonchev–Trinajstić information content (AvgIpc) is 3.26. The number of piperidine rings is 1. The number of sulfonamides is 1. The van der Waals surface area contributed by atoms with Crippen molar-refractivity contribution in [2.24, 2.45) is 5.41 Å². The molecule has 1 unspecified atom stereocenters. The van der Waals surface area contributed by atoms with Gasteiger partial charge in [0.2, 0.25) is 0 Å². The Morgan fingerprint density at radius 3 is 2.65 bits per heavy atom. The van der Waals surface area contributed by atoms with Gasteiger partial charge in [-0.3, -0.25) is 14.1 Å². The standard InChI is InChI=1S/C22H30N4O3S2/c1-16(2)30(27)26-13-8-18(14-26)31(28,29)24-19-7-4-6-17(3)20(19)21(23)25-12-5-9-22(15-25)10-11-22/h4,6-8,13-14,16,23-24H,5,9-12,15H2,1-3H3. The average molecular weight is 463 g/mol. The third kappa shape index (κ3) is 4.43. The van der Waals surface area contributed by atoms with Crippen LogP contribution < -0.4 is 4.72 Å². The Hall–Kier alpha value is -2.13. The van der Waals surface area contributed by atoms with Crippen LogP contribution in [0.3, 0.4) is 0 Å². The van der Waals surface area contributed by atoms with E-state index in [2.05, 4.69) is 9.62 Å². The van der Waals surface area contributed by atoms with E-state index >= 15 is 0 Å². The molecule has 31 heavy (non-hydrogen) atoms. The Bertz CT molecular complexity index is 1130. The molecule has 2 fully saturated rings. The predicted molar refractivity (Wildman–Crippen MR) is 124 cm³/mol. The Morgan fingerprint density at radius 2 is 1.97 bits per heavy atom. The quantitative estimate of drug-likeness (QED) is 0.505. The summed E-state index contributed by atoms with van der Waals surface area (Å²) in [5, 5.41) is 8.75. The zero-order valence-corrected chi connectivity index (χ0v) is 19.9. The number of benzene rings is 1. The molecule has 0 amide bonds. The minimum absolute atomic E-state index is 0.0513. The van der Waals surface area contributed by atoms with E-state index < -0.39 is 21.0 Å². The van der Waals surface area contributed by atoms with Crippen LogP contribution in [0.2, 0.25) is 0 Å². The molecule has 7 nitrogen and oxygen atoms in total. The molecular weight excluding hydrogens is 432 g/mol. The van der Waals surface area contributed by atoms with Crippen molar-refractivity contribution in [3.63, 3.8) is 0 Å². The highest BCUT2D eigenvalue weighted by molar-refractivity contribution is 7.92. The smallest absolute Gasteiger partial charge is 0.263 e. The fourth-order valence-electron chi connectivity index (χ4n) is 4.29. The molecule has 1 saturated carbocycles. The van der Waals surface area contributed by atoms with Crippen LogP contribution in [0.4, 0.5) is 5.69 Å². The van der Waals surface area contributed by atoms with Gasteiger partial charge >= 0.3 is 0 Å². The van der Waals surface area contributed by atoms with Crippen LogP contribution in [-0.4, -0.2) is 45.7 Å². The Morgan fingerprint density at radius 1 is 1.23 bits per heavy atom. The van der Waals surface area contributed by atoms with E-state index in [1.165, 1.54) is 41.7 Å². The molecule has 0 radical (unpaired) electrons. The number of nitrogens with one attached hydrogen (secondary N) is 2. The van der Waals surface area contributed by atoms with Crippen LogP contribution in [0, 0.1) is 17.7 Å². The van der Waals surface area contributed by atoms with Crippen molar-refractivity contribution in [2.75, 3.05) is 17.8 Å². The van der Waals surface area contributed by atoms with Gasteiger partial charge in [-0.1, -0.05) is 12.1 Å². The molecule has 168 valence electrons. The number of rotatable bonds is 6. The lowest BCUT2D eigenvalue weighted by Crippen LogP contribution is -2.41. The van der Waals surface area contributed by atoms with Gasteiger partial charge in [-0.2, -0.15) is 0 Å². The predicted octanol–water partition coefficient (Wildman–Crippen LogP) is 3.72. The molecule has 2 heterocycles. The van der Waals surface area contributed by atoms with Crippen LogP contribution in [0.1, 0.15) is 50.7 Å². The summed E-state index contributed by atoms with van der Waals surface area (Å²) >= 11 is 0. The first-order chi connectivity index (χ1) is 14.6. The monoisotopic (exact) mass is 462 g/mol. The van der Waals surface area contributed by atoms with Crippen molar-refractivity contribution < 1.29 is 12.6 Å². The number of aryl methyl sites for hydroxylation is 1. The molecule has 4 rings (SSSR count). The minimum atomic E-state index is -3.89. The fourth-order valence-corrected chi connectivity index (χ4v) is 6.31. The van der Waals surface area contributed by atoms with Crippen LogP contribution in [0.15, 0.2) is 41.6 Å². The Balaban J connectivity index is 1.61. The van der Waals surface area contributed by atoms with Gasteiger partial charge in [-0.25, -0.2) is 12.6 Å². The molecule has 1 aromatic carbocycles. The first-order valence-electron chi connectivity index (χ1n) is 10.7.